The molecule has 1 N–H and O–H groups in total. The van der Waals surface area contributed by atoms with Gasteiger partial charge >= 0.3 is 0 Å². The van der Waals surface area contributed by atoms with E-state index >= 15 is 0 Å². The molecule has 6 heteroatoms. The third-order valence-corrected chi connectivity index (χ3v) is 2.82. The average Bonchev–Trinajstić information content (AvgIpc) is 2.84. The van der Waals surface area contributed by atoms with E-state index < -0.39 is 0 Å². The lowest BCUT2D eigenvalue weighted by Crippen LogP contribution is -2.32. The molecule has 78 valence electrons. The molecule has 1 unspecified atom stereocenters. The standard InChI is InChI=1S/C8H18B2N2OS/c9-7(11-8(13)14)2-1-5-12(10)6-3-4-6/h6-7H,1-5,9-10H2,(H2,11,13,14). The maximum Gasteiger partial charge on any atom is 0.275 e. The fourth-order valence-corrected chi connectivity index (χ4v) is 1.85. The molecule has 0 bridgehead atoms. The number of nitrogens with zero attached hydrogens (tertiary/aromatic N) is 1. The van der Waals surface area contributed by atoms with Crippen molar-refractivity contribution in [3.63, 3.8) is 0 Å². The molecule has 1 saturated carbocycles. The largest absolute Gasteiger partial charge is 0.352 e. The molecule has 3 nitrogen and oxygen atoms in total. The lowest BCUT2D eigenvalue weighted by Gasteiger charge is -2.17. The van der Waals surface area contributed by atoms with Crippen molar-refractivity contribution in [1.29, 1.82) is 0 Å². The van der Waals surface area contributed by atoms with E-state index in [-0.39, 0.29) is 11.2 Å². The second-order valence-electron chi connectivity index (χ2n) is 4.20. The summed E-state index contributed by atoms with van der Waals surface area (Å²) in [5.41, 5.74) is 0. The van der Waals surface area contributed by atoms with Gasteiger partial charge < -0.3 is 10.1 Å². The van der Waals surface area contributed by atoms with Crippen molar-refractivity contribution < 1.29 is 4.79 Å². The summed E-state index contributed by atoms with van der Waals surface area (Å²) in [6, 6.07) is 0.838. The number of hydrogen-bond acceptors (Lipinski definition) is 2. The summed E-state index contributed by atoms with van der Waals surface area (Å²) in [7, 11) is 4.20. The highest BCUT2D eigenvalue weighted by molar-refractivity contribution is 7.96. The summed E-state index contributed by atoms with van der Waals surface area (Å²) < 4.78 is 0. The van der Waals surface area contributed by atoms with Crippen LogP contribution in [0, 0.1) is 0 Å². The van der Waals surface area contributed by atoms with Gasteiger partial charge in [-0.3, -0.25) is 4.79 Å². The first-order valence-electron chi connectivity index (χ1n) is 5.29. The van der Waals surface area contributed by atoms with Crippen molar-refractivity contribution in [2.24, 2.45) is 0 Å². The molecule has 1 rings (SSSR count). The Kier molecular flexibility index (Phi) is 4.89. The Bertz CT molecular complexity index is 202. The summed E-state index contributed by atoms with van der Waals surface area (Å²) in [5, 5.41) is 2.54. The molecule has 0 saturated heterocycles. The highest BCUT2D eigenvalue weighted by Gasteiger charge is 2.24. The van der Waals surface area contributed by atoms with Crippen LogP contribution in [0.15, 0.2) is 0 Å². The summed E-state index contributed by atoms with van der Waals surface area (Å²) in [4.78, 5) is 13.0. The van der Waals surface area contributed by atoms with Crippen molar-refractivity contribution in [2.45, 2.75) is 37.7 Å². The van der Waals surface area contributed by atoms with Crippen LogP contribution >= 0.6 is 12.6 Å². The van der Waals surface area contributed by atoms with Crippen molar-refractivity contribution in [3.05, 3.63) is 0 Å². The quantitative estimate of drug-likeness (QED) is 0.454. The molecular formula is C8H18B2N2OS. The minimum atomic E-state index is -0.229. The van der Waals surface area contributed by atoms with E-state index in [9.17, 15) is 4.79 Å². The maximum absolute atomic E-state index is 10.6. The molecule has 1 amide bonds. The molecule has 0 radical (unpaired) electrons. The van der Waals surface area contributed by atoms with Gasteiger partial charge in [0.2, 0.25) is 0 Å². The normalized spacial score (nSPS) is 18.1. The van der Waals surface area contributed by atoms with Gasteiger partial charge in [-0.2, -0.15) is 0 Å². The zero-order valence-electron chi connectivity index (χ0n) is 8.99. The molecule has 0 aliphatic heterocycles. The highest BCUT2D eigenvalue weighted by atomic mass is 32.1. The van der Waals surface area contributed by atoms with Crippen molar-refractivity contribution in [1.82, 2.24) is 10.1 Å². The number of rotatable bonds is 6. The smallest absolute Gasteiger partial charge is 0.275 e. The SMILES string of the molecule is BC(CCCN(B)C1CC1)NC(=O)S. The number of carbonyl (C=O) groups is 1. The minimum Gasteiger partial charge on any atom is -0.352 e. The van der Waals surface area contributed by atoms with Gasteiger partial charge in [0.15, 0.2) is 7.98 Å². The van der Waals surface area contributed by atoms with Crippen LogP contribution in [0.5, 0.6) is 0 Å². The zero-order valence-corrected chi connectivity index (χ0v) is 9.89. The van der Waals surface area contributed by atoms with Gasteiger partial charge in [0.05, 0.1) is 0 Å². The Balaban J connectivity index is 1.99. The Labute approximate surface area is 93.2 Å². The Morgan fingerprint density at radius 3 is 2.79 bits per heavy atom. The predicted octanol–water partition coefficient (Wildman–Crippen LogP) is -0.622. The van der Waals surface area contributed by atoms with E-state index in [4.69, 9.17) is 0 Å². The summed E-state index contributed by atoms with van der Waals surface area (Å²) >= 11 is 3.68. The second kappa shape index (κ2) is 5.71. The predicted molar refractivity (Wildman–Crippen MR) is 67.4 cm³/mol. The van der Waals surface area contributed by atoms with E-state index in [0.29, 0.717) is 0 Å². The molecule has 1 atom stereocenters. The van der Waals surface area contributed by atoms with Gasteiger partial charge in [0.1, 0.15) is 7.85 Å². The van der Waals surface area contributed by atoms with Crippen molar-refractivity contribution in [2.75, 3.05) is 6.54 Å². The summed E-state index contributed by atoms with van der Waals surface area (Å²) in [5.74, 6) is 0.243. The van der Waals surface area contributed by atoms with Crippen LogP contribution < -0.4 is 5.32 Å². The van der Waals surface area contributed by atoms with E-state index in [1.54, 1.807) is 0 Å². The summed E-state index contributed by atoms with van der Waals surface area (Å²) in [6.45, 7) is 1.14. The number of hydrogen-bond donors (Lipinski definition) is 2. The number of amides is 1. The number of thiol groups is 1. The topological polar surface area (TPSA) is 32.3 Å². The first-order chi connectivity index (χ1) is 6.59. The fraction of sp³-hybridized carbons (Fsp3) is 0.875. The van der Waals surface area contributed by atoms with Crippen molar-refractivity contribution in [3.8, 4) is 0 Å². The monoisotopic (exact) mass is 212 g/mol. The molecule has 0 heterocycles. The van der Waals surface area contributed by atoms with E-state index in [2.05, 4.69) is 30.7 Å². The first kappa shape index (κ1) is 12.0. The average molecular weight is 212 g/mol. The fourth-order valence-electron chi connectivity index (χ4n) is 1.63. The zero-order chi connectivity index (χ0) is 10.6. The number of carbonyl (C=O) groups excluding carboxylic acids is 1. The van der Waals surface area contributed by atoms with Crippen LogP contribution in [-0.4, -0.2) is 44.4 Å². The second-order valence-corrected chi connectivity index (χ2v) is 4.61. The van der Waals surface area contributed by atoms with Crippen LogP contribution in [0.4, 0.5) is 4.79 Å². The summed E-state index contributed by atoms with van der Waals surface area (Å²) in [6.07, 6.45) is 4.89. The Morgan fingerprint density at radius 1 is 1.64 bits per heavy atom. The van der Waals surface area contributed by atoms with E-state index in [0.717, 1.165) is 25.4 Å². The lowest BCUT2D eigenvalue weighted by atomic mass is 9.92. The van der Waals surface area contributed by atoms with Crippen LogP contribution in [0.2, 0.25) is 0 Å². The van der Waals surface area contributed by atoms with Gasteiger partial charge in [-0.05, 0) is 44.2 Å². The molecule has 1 fully saturated rings. The van der Waals surface area contributed by atoms with Gasteiger partial charge in [-0.15, -0.1) is 0 Å². The van der Waals surface area contributed by atoms with E-state index in [1.807, 2.05) is 7.85 Å². The van der Waals surface area contributed by atoms with Crippen LogP contribution in [0.1, 0.15) is 25.7 Å². The molecule has 0 aromatic carbocycles. The molecular weight excluding hydrogens is 194 g/mol. The maximum atomic E-state index is 10.6. The Morgan fingerprint density at radius 2 is 2.29 bits per heavy atom. The van der Waals surface area contributed by atoms with Crippen molar-refractivity contribution >= 4 is 33.7 Å². The molecule has 1 aliphatic carbocycles. The van der Waals surface area contributed by atoms with Gasteiger partial charge in [0, 0.05) is 0 Å². The highest BCUT2D eigenvalue weighted by Crippen LogP contribution is 2.24. The van der Waals surface area contributed by atoms with Gasteiger partial charge in [-0.25, -0.2) is 0 Å². The van der Waals surface area contributed by atoms with E-state index in [1.165, 1.54) is 12.8 Å². The minimum absolute atomic E-state index is 0.229. The van der Waals surface area contributed by atoms with Crippen LogP contribution in [0.3, 0.4) is 0 Å². The van der Waals surface area contributed by atoms with Gasteiger partial charge in [0.25, 0.3) is 5.24 Å². The molecule has 14 heavy (non-hydrogen) atoms. The van der Waals surface area contributed by atoms with Crippen LogP contribution in [0.25, 0.3) is 0 Å². The molecule has 0 aromatic heterocycles. The van der Waals surface area contributed by atoms with Crippen LogP contribution in [-0.2, 0) is 0 Å². The third-order valence-electron chi connectivity index (χ3n) is 2.69. The lowest BCUT2D eigenvalue weighted by molar-refractivity contribution is 0.259. The first-order valence-corrected chi connectivity index (χ1v) is 5.74. The molecule has 0 spiro atoms. The number of nitrogens with one attached hydrogen (secondary N) is 1. The third kappa shape index (κ3) is 4.96. The van der Waals surface area contributed by atoms with Gasteiger partial charge in [-0.1, -0.05) is 12.6 Å². The molecule has 0 aromatic rings. The molecule has 1 aliphatic rings. The Hall–Kier alpha value is -0.0901.